The molecule has 0 aliphatic rings. The molecule has 0 N–H and O–H groups in total. The molecule has 7 heteroatoms. The number of hydrogen-bond acceptors (Lipinski definition) is 3. The lowest BCUT2D eigenvalue weighted by Gasteiger charge is -2.14. The summed E-state index contributed by atoms with van der Waals surface area (Å²) in [4.78, 5) is 10.2. The molecule has 0 fully saturated rings. The Morgan fingerprint density at radius 3 is 2.20 bits per heavy atom. The maximum atomic E-state index is 12.8. The van der Waals surface area contributed by atoms with Crippen molar-refractivity contribution >= 4 is 73.7 Å². The van der Waals surface area contributed by atoms with E-state index in [1.54, 1.807) is 12.1 Å². The van der Waals surface area contributed by atoms with Crippen molar-refractivity contribution in [3.63, 3.8) is 0 Å². The Balaban J connectivity index is 3.00. The van der Waals surface area contributed by atoms with Crippen LogP contribution in [0, 0.1) is 10.7 Å². The van der Waals surface area contributed by atoms with E-state index in [4.69, 9.17) is 0 Å². The largest absolute Gasteiger partial charge is 0.543 e. The van der Waals surface area contributed by atoms with E-state index >= 15 is 0 Å². The monoisotopic (exact) mass is 547 g/mol. The van der Waals surface area contributed by atoms with E-state index in [2.05, 4.69) is 27.3 Å². The standard InChI is InChI=1S/C8H4FI3O3/c9-7(8(13)14)15-6-4(11)1-3(10)2-5(6)12/h1-2,7H,(H,13,14)/p-1. The van der Waals surface area contributed by atoms with Crippen LogP contribution in [0.1, 0.15) is 0 Å². The summed E-state index contributed by atoms with van der Waals surface area (Å²) in [6.45, 7) is 0. The minimum atomic E-state index is -2.44. The number of carbonyl (C=O) groups is 1. The van der Waals surface area contributed by atoms with Crippen LogP contribution in [0.2, 0.25) is 0 Å². The zero-order chi connectivity index (χ0) is 11.6. The molecule has 0 aromatic heterocycles. The average Bonchev–Trinajstić information content (AvgIpc) is 2.10. The molecule has 0 amide bonds. The minimum absolute atomic E-state index is 0.230. The number of alkyl halides is 1. The van der Waals surface area contributed by atoms with Crippen molar-refractivity contribution in [2.45, 2.75) is 6.36 Å². The fraction of sp³-hybridized carbons (Fsp3) is 0.125. The van der Waals surface area contributed by atoms with Gasteiger partial charge < -0.3 is 14.6 Å². The maximum Gasteiger partial charge on any atom is 0.278 e. The van der Waals surface area contributed by atoms with Gasteiger partial charge in [0.05, 0.1) is 7.14 Å². The first-order valence-electron chi connectivity index (χ1n) is 3.58. The van der Waals surface area contributed by atoms with Crippen LogP contribution in [-0.4, -0.2) is 12.3 Å². The molecule has 15 heavy (non-hydrogen) atoms. The SMILES string of the molecule is O=C([O-])C(F)Oc1c(I)cc(I)cc1I. The van der Waals surface area contributed by atoms with Gasteiger partial charge in [0.15, 0.2) is 0 Å². The van der Waals surface area contributed by atoms with Crippen molar-refractivity contribution in [3.8, 4) is 5.75 Å². The summed E-state index contributed by atoms with van der Waals surface area (Å²) in [7, 11) is 0. The summed E-state index contributed by atoms with van der Waals surface area (Å²) < 4.78 is 19.7. The molecular formula is C8H3FI3O3-. The van der Waals surface area contributed by atoms with Crippen molar-refractivity contribution < 1.29 is 19.0 Å². The average molecular weight is 547 g/mol. The van der Waals surface area contributed by atoms with Gasteiger partial charge >= 0.3 is 0 Å². The Kier molecular flexibility index (Phi) is 5.28. The zero-order valence-electron chi connectivity index (χ0n) is 6.97. The Labute approximate surface area is 126 Å². The highest BCUT2D eigenvalue weighted by molar-refractivity contribution is 14.1. The van der Waals surface area contributed by atoms with E-state index in [9.17, 15) is 14.3 Å². The highest BCUT2D eigenvalue weighted by Gasteiger charge is 2.14. The van der Waals surface area contributed by atoms with Gasteiger partial charge in [0.1, 0.15) is 11.7 Å². The number of benzene rings is 1. The van der Waals surface area contributed by atoms with Crippen molar-refractivity contribution in [3.05, 3.63) is 22.8 Å². The lowest BCUT2D eigenvalue weighted by atomic mass is 10.3. The van der Waals surface area contributed by atoms with Gasteiger partial charge in [0.25, 0.3) is 6.36 Å². The molecule has 0 radical (unpaired) electrons. The minimum Gasteiger partial charge on any atom is -0.543 e. The highest BCUT2D eigenvalue weighted by Crippen LogP contribution is 2.30. The zero-order valence-corrected chi connectivity index (χ0v) is 13.4. The Morgan fingerprint density at radius 1 is 1.33 bits per heavy atom. The third-order valence-corrected chi connectivity index (χ3v) is 3.60. The van der Waals surface area contributed by atoms with Gasteiger partial charge in [-0.1, -0.05) is 0 Å². The van der Waals surface area contributed by atoms with E-state index < -0.39 is 12.3 Å². The Hall–Kier alpha value is 0.610. The third kappa shape index (κ3) is 3.84. The molecule has 3 nitrogen and oxygen atoms in total. The molecule has 82 valence electrons. The quantitative estimate of drug-likeness (QED) is 0.545. The molecule has 0 aliphatic heterocycles. The van der Waals surface area contributed by atoms with Crippen LogP contribution in [0.25, 0.3) is 0 Å². The van der Waals surface area contributed by atoms with Crippen LogP contribution >= 0.6 is 67.8 Å². The van der Waals surface area contributed by atoms with Gasteiger partial charge in [-0.05, 0) is 79.9 Å². The van der Waals surface area contributed by atoms with E-state index in [1.165, 1.54) is 0 Å². The molecular weight excluding hydrogens is 544 g/mol. The number of carboxylic acids is 1. The number of hydrogen-bond donors (Lipinski definition) is 0. The van der Waals surface area contributed by atoms with Crippen LogP contribution in [0.5, 0.6) is 5.75 Å². The van der Waals surface area contributed by atoms with Crippen molar-refractivity contribution in [2.24, 2.45) is 0 Å². The predicted molar refractivity (Wildman–Crippen MR) is 75.1 cm³/mol. The molecule has 1 aromatic rings. The molecule has 0 aliphatic carbocycles. The van der Waals surface area contributed by atoms with Gasteiger partial charge in [0.2, 0.25) is 0 Å². The van der Waals surface area contributed by atoms with Gasteiger partial charge in [-0.25, -0.2) is 0 Å². The predicted octanol–water partition coefficient (Wildman–Crippen LogP) is 1.92. The van der Waals surface area contributed by atoms with Gasteiger partial charge in [-0.2, -0.15) is 4.39 Å². The topological polar surface area (TPSA) is 49.4 Å². The van der Waals surface area contributed by atoms with Crippen molar-refractivity contribution in [2.75, 3.05) is 0 Å². The van der Waals surface area contributed by atoms with Crippen LogP contribution in [0.15, 0.2) is 12.1 Å². The normalized spacial score (nSPS) is 12.3. The van der Waals surface area contributed by atoms with E-state index in [-0.39, 0.29) is 5.75 Å². The highest BCUT2D eigenvalue weighted by atomic mass is 127. The number of aliphatic carboxylic acids is 1. The first-order valence-corrected chi connectivity index (χ1v) is 6.81. The molecule has 1 unspecified atom stereocenters. The van der Waals surface area contributed by atoms with E-state index in [0.717, 1.165) is 3.57 Å². The lowest BCUT2D eigenvalue weighted by molar-refractivity contribution is -0.320. The third-order valence-electron chi connectivity index (χ3n) is 1.37. The Bertz CT molecular complexity index is 374. The molecule has 0 saturated carbocycles. The number of halogens is 4. The second kappa shape index (κ2) is 5.80. The number of carboxylic acid groups (broad SMARTS) is 1. The molecule has 0 bridgehead atoms. The first kappa shape index (κ1) is 13.7. The van der Waals surface area contributed by atoms with Gasteiger partial charge in [0, 0.05) is 3.57 Å². The summed E-state index contributed by atoms with van der Waals surface area (Å²) in [5.74, 6) is -1.64. The number of rotatable bonds is 3. The molecule has 1 aromatic carbocycles. The van der Waals surface area contributed by atoms with E-state index in [0.29, 0.717) is 7.14 Å². The van der Waals surface area contributed by atoms with Gasteiger partial charge in [-0.15, -0.1) is 0 Å². The molecule has 1 rings (SSSR count). The lowest BCUT2D eigenvalue weighted by Crippen LogP contribution is -2.36. The second-order valence-corrected chi connectivity index (χ2v) is 6.02. The number of ether oxygens (including phenoxy) is 1. The summed E-state index contributed by atoms with van der Waals surface area (Å²) in [6.07, 6.45) is -2.44. The van der Waals surface area contributed by atoms with Crippen LogP contribution in [0.3, 0.4) is 0 Å². The summed E-state index contributed by atoms with van der Waals surface area (Å²) in [5, 5.41) is 10.2. The van der Waals surface area contributed by atoms with E-state index in [1.807, 2.05) is 45.2 Å². The van der Waals surface area contributed by atoms with Crippen LogP contribution in [-0.2, 0) is 4.79 Å². The van der Waals surface area contributed by atoms with Crippen LogP contribution < -0.4 is 9.84 Å². The fourth-order valence-electron chi connectivity index (χ4n) is 0.793. The smallest absolute Gasteiger partial charge is 0.278 e. The van der Waals surface area contributed by atoms with Gasteiger partial charge in [-0.3, -0.25) is 0 Å². The van der Waals surface area contributed by atoms with Crippen molar-refractivity contribution in [1.82, 2.24) is 0 Å². The summed E-state index contributed by atoms with van der Waals surface area (Å²) >= 11 is 6.01. The summed E-state index contributed by atoms with van der Waals surface area (Å²) in [5.41, 5.74) is 0. The van der Waals surface area contributed by atoms with Crippen molar-refractivity contribution in [1.29, 1.82) is 0 Å². The molecule has 0 spiro atoms. The summed E-state index contributed by atoms with van der Waals surface area (Å²) in [6, 6.07) is 3.53. The molecule has 0 saturated heterocycles. The fourth-order valence-corrected chi connectivity index (χ4v) is 4.63. The Morgan fingerprint density at radius 2 is 1.80 bits per heavy atom. The first-order chi connectivity index (χ1) is 6.91. The molecule has 1 atom stereocenters. The second-order valence-electron chi connectivity index (χ2n) is 2.45. The maximum absolute atomic E-state index is 12.8. The van der Waals surface area contributed by atoms with Crippen LogP contribution in [0.4, 0.5) is 4.39 Å². The number of carbonyl (C=O) groups excluding carboxylic acids is 1. The molecule has 0 heterocycles.